The lowest BCUT2D eigenvalue weighted by atomic mass is 9.85. The molecule has 2 atom stereocenters. The van der Waals surface area contributed by atoms with Gasteiger partial charge in [-0.3, -0.25) is 4.79 Å². The van der Waals surface area contributed by atoms with Crippen LogP contribution in [0.3, 0.4) is 0 Å². The van der Waals surface area contributed by atoms with E-state index < -0.39 is 26.1 Å². The second kappa shape index (κ2) is 7.94. The molecular weight excluding hydrogens is 408 g/mol. The molecule has 31 heavy (non-hydrogen) atoms. The third kappa shape index (κ3) is 4.33. The molecule has 0 unspecified atom stereocenters. The van der Waals surface area contributed by atoms with Gasteiger partial charge < -0.3 is 18.8 Å². The van der Waals surface area contributed by atoms with Crippen LogP contribution >= 0.6 is 0 Å². The van der Waals surface area contributed by atoms with E-state index >= 15 is 0 Å². The summed E-state index contributed by atoms with van der Waals surface area (Å²) >= 11 is 0. The van der Waals surface area contributed by atoms with Crippen LogP contribution in [0.4, 0.5) is 0 Å². The van der Waals surface area contributed by atoms with Crippen molar-refractivity contribution in [1.29, 1.82) is 5.26 Å². The number of aliphatic hydroxyl groups excluding tert-OH is 1. The fourth-order valence-electron chi connectivity index (χ4n) is 3.50. The van der Waals surface area contributed by atoms with Crippen LogP contribution < -0.4 is 10.3 Å². The zero-order valence-electron chi connectivity index (χ0n) is 19.4. The number of nitrogens with zero attached hydrogens (tertiary/aromatic N) is 2. The van der Waals surface area contributed by atoms with Gasteiger partial charge in [0.2, 0.25) is 0 Å². The molecule has 1 N–H and O–H groups in total. The van der Waals surface area contributed by atoms with Gasteiger partial charge in [0.15, 0.2) is 8.32 Å². The van der Waals surface area contributed by atoms with E-state index in [0.29, 0.717) is 22.4 Å². The average molecular weight is 441 g/mol. The minimum atomic E-state index is -2.03. The molecule has 7 heteroatoms. The minimum absolute atomic E-state index is 0.0361. The van der Waals surface area contributed by atoms with Crippen LogP contribution in [-0.4, -0.2) is 29.7 Å². The van der Waals surface area contributed by atoms with Crippen molar-refractivity contribution >= 4 is 8.32 Å². The number of aliphatic hydroxyl groups is 1. The van der Waals surface area contributed by atoms with Gasteiger partial charge in [-0.25, -0.2) is 0 Å². The highest BCUT2D eigenvalue weighted by molar-refractivity contribution is 6.74. The SMILES string of the molecule is CC1(C)Oc2ccc(C#N)cc2[C@H](n2cccc(CO[Si](C)(C)C(C)(C)C)c2=O)[C@H]1O. The van der Waals surface area contributed by atoms with E-state index in [2.05, 4.69) is 39.9 Å². The Morgan fingerprint density at radius 3 is 2.58 bits per heavy atom. The summed E-state index contributed by atoms with van der Waals surface area (Å²) in [6.07, 6.45) is 0.694. The molecule has 0 saturated heterocycles. The van der Waals surface area contributed by atoms with Gasteiger partial charge in [-0.05, 0) is 62.3 Å². The summed E-state index contributed by atoms with van der Waals surface area (Å²) in [5.74, 6) is 0.564. The van der Waals surface area contributed by atoms with Gasteiger partial charge in [-0.15, -0.1) is 0 Å². The molecule has 0 saturated carbocycles. The van der Waals surface area contributed by atoms with Crippen LogP contribution in [-0.2, 0) is 11.0 Å². The van der Waals surface area contributed by atoms with Crippen molar-refractivity contribution in [3.05, 3.63) is 63.6 Å². The quantitative estimate of drug-likeness (QED) is 0.714. The van der Waals surface area contributed by atoms with E-state index in [9.17, 15) is 15.2 Å². The molecule has 1 aromatic heterocycles. The summed E-state index contributed by atoms with van der Waals surface area (Å²) < 4.78 is 13.8. The van der Waals surface area contributed by atoms with E-state index in [0.717, 1.165) is 0 Å². The number of nitriles is 1. The van der Waals surface area contributed by atoms with Crippen molar-refractivity contribution in [3.63, 3.8) is 0 Å². The summed E-state index contributed by atoms with van der Waals surface area (Å²) in [6, 6.07) is 10.1. The molecule has 0 fully saturated rings. The molecule has 2 aromatic rings. The van der Waals surface area contributed by atoms with E-state index in [1.807, 2.05) is 0 Å². The van der Waals surface area contributed by atoms with Gasteiger partial charge in [0, 0.05) is 17.3 Å². The first-order chi connectivity index (χ1) is 14.3. The number of rotatable bonds is 4. The van der Waals surface area contributed by atoms with Crippen LogP contribution in [0.5, 0.6) is 5.75 Å². The Hall–Kier alpha value is -2.40. The molecule has 1 aliphatic heterocycles. The normalized spacial score (nSPS) is 20.5. The van der Waals surface area contributed by atoms with Crippen LogP contribution in [0.25, 0.3) is 0 Å². The van der Waals surface area contributed by atoms with Crippen molar-refractivity contribution in [2.75, 3.05) is 0 Å². The Balaban J connectivity index is 2.06. The van der Waals surface area contributed by atoms with Gasteiger partial charge in [0.25, 0.3) is 5.56 Å². The topological polar surface area (TPSA) is 84.5 Å². The monoisotopic (exact) mass is 440 g/mol. The molecule has 1 aliphatic rings. The summed E-state index contributed by atoms with van der Waals surface area (Å²) in [5.41, 5.74) is 0.497. The second-order valence-corrected chi connectivity index (χ2v) is 15.1. The molecule has 0 radical (unpaired) electrons. The van der Waals surface area contributed by atoms with Crippen molar-refractivity contribution in [1.82, 2.24) is 4.57 Å². The number of ether oxygens (including phenoxy) is 1. The Kier molecular flexibility index (Phi) is 5.96. The van der Waals surface area contributed by atoms with Crippen molar-refractivity contribution < 1.29 is 14.3 Å². The van der Waals surface area contributed by atoms with Gasteiger partial charge in [-0.1, -0.05) is 20.8 Å². The van der Waals surface area contributed by atoms with Crippen LogP contribution in [0.1, 0.15) is 57.4 Å². The van der Waals surface area contributed by atoms with E-state index in [-0.39, 0.29) is 17.2 Å². The first kappa shape index (κ1) is 23.3. The van der Waals surface area contributed by atoms with Gasteiger partial charge >= 0.3 is 0 Å². The van der Waals surface area contributed by atoms with E-state index in [1.165, 1.54) is 0 Å². The Morgan fingerprint density at radius 1 is 1.29 bits per heavy atom. The van der Waals surface area contributed by atoms with Gasteiger partial charge in [0.1, 0.15) is 17.5 Å². The van der Waals surface area contributed by atoms with E-state index in [1.54, 1.807) is 54.9 Å². The molecule has 0 spiro atoms. The maximum atomic E-state index is 13.4. The largest absolute Gasteiger partial charge is 0.485 e. The van der Waals surface area contributed by atoms with Crippen molar-refractivity contribution in [3.8, 4) is 11.8 Å². The molecule has 0 aliphatic carbocycles. The summed E-state index contributed by atoms with van der Waals surface area (Å²) in [4.78, 5) is 13.4. The minimum Gasteiger partial charge on any atom is -0.485 e. The number of aromatic nitrogens is 1. The first-order valence-corrected chi connectivity index (χ1v) is 13.4. The third-order valence-electron chi connectivity index (χ3n) is 6.59. The summed E-state index contributed by atoms with van der Waals surface area (Å²) in [7, 11) is -2.03. The average Bonchev–Trinajstić information content (AvgIpc) is 2.67. The fraction of sp³-hybridized carbons (Fsp3) is 0.500. The van der Waals surface area contributed by atoms with E-state index in [4.69, 9.17) is 9.16 Å². The van der Waals surface area contributed by atoms with Crippen LogP contribution in [0.2, 0.25) is 18.1 Å². The van der Waals surface area contributed by atoms with Crippen LogP contribution in [0, 0.1) is 11.3 Å². The lowest BCUT2D eigenvalue weighted by Gasteiger charge is -2.42. The third-order valence-corrected chi connectivity index (χ3v) is 11.1. The Bertz CT molecular complexity index is 1080. The first-order valence-electron chi connectivity index (χ1n) is 10.5. The molecule has 6 nitrogen and oxygen atoms in total. The molecule has 3 rings (SSSR count). The van der Waals surface area contributed by atoms with Crippen molar-refractivity contribution in [2.24, 2.45) is 0 Å². The highest BCUT2D eigenvalue weighted by Crippen LogP contribution is 2.42. The zero-order valence-corrected chi connectivity index (χ0v) is 20.4. The second-order valence-electron chi connectivity index (χ2n) is 10.3. The molecule has 166 valence electrons. The van der Waals surface area contributed by atoms with Crippen molar-refractivity contribution in [2.45, 2.75) is 77.1 Å². The predicted molar refractivity (Wildman–Crippen MR) is 123 cm³/mol. The highest BCUT2D eigenvalue weighted by atomic mass is 28.4. The molecule has 1 aromatic carbocycles. The number of fused-ring (bicyclic) bond motifs is 1. The maximum absolute atomic E-state index is 13.4. The van der Waals surface area contributed by atoms with Gasteiger partial charge in [0.05, 0.1) is 24.3 Å². The Labute approximate surface area is 185 Å². The fourth-order valence-corrected chi connectivity index (χ4v) is 4.45. The lowest BCUT2D eigenvalue weighted by molar-refractivity contribution is -0.0643. The zero-order chi connectivity index (χ0) is 23.2. The summed E-state index contributed by atoms with van der Waals surface area (Å²) in [6.45, 7) is 14.6. The molecule has 2 heterocycles. The number of pyridine rings is 1. The summed E-state index contributed by atoms with van der Waals surface area (Å²) in [5, 5.41) is 20.5. The highest BCUT2D eigenvalue weighted by Gasteiger charge is 2.44. The lowest BCUT2D eigenvalue weighted by Crippen LogP contribution is -2.52. The number of benzene rings is 1. The smallest absolute Gasteiger partial charge is 0.256 e. The van der Waals surface area contributed by atoms with Crippen LogP contribution in [0.15, 0.2) is 41.3 Å². The molecule has 0 amide bonds. The number of hydrogen-bond donors (Lipinski definition) is 1. The Morgan fingerprint density at radius 2 is 1.97 bits per heavy atom. The molecular formula is C24H32N2O4Si. The predicted octanol–water partition coefficient (Wildman–Crippen LogP) is 4.36. The standard InChI is InChI=1S/C24H32N2O4Si/c1-23(2,3)31(6,7)29-15-17-9-8-12-26(22(17)28)20-18-13-16(14-25)10-11-19(18)30-24(4,5)21(20)27/h8-13,20-21,27H,15H2,1-7H3/t20-,21+/m0/s1. The van der Waals surface area contributed by atoms with Gasteiger partial charge in [-0.2, -0.15) is 5.26 Å². The number of hydrogen-bond acceptors (Lipinski definition) is 5. The molecule has 0 bridgehead atoms. The maximum Gasteiger partial charge on any atom is 0.256 e.